The first-order valence-corrected chi connectivity index (χ1v) is 30.3. The summed E-state index contributed by atoms with van der Waals surface area (Å²) >= 11 is 0. The molecule has 0 aliphatic heterocycles. The molecule has 0 fully saturated rings. The molecule has 0 saturated carbocycles. The predicted octanol–water partition coefficient (Wildman–Crippen LogP) is 12.9. The number of hydrogen-bond donors (Lipinski definition) is 3. The van der Waals surface area contributed by atoms with E-state index in [-0.39, 0.29) is 25.7 Å². The third-order valence-electron chi connectivity index (χ3n) is 11.6. The Hall–Kier alpha value is -1.94. The van der Waals surface area contributed by atoms with Gasteiger partial charge in [-0.25, -0.2) is 9.13 Å². The Balaban J connectivity index is 5.11. The van der Waals surface area contributed by atoms with Gasteiger partial charge in [-0.2, -0.15) is 0 Å². The van der Waals surface area contributed by atoms with Crippen LogP contribution in [0.3, 0.4) is 0 Å². The van der Waals surface area contributed by atoms with Gasteiger partial charge in [-0.3, -0.25) is 37.3 Å². The van der Waals surface area contributed by atoms with Crippen molar-refractivity contribution in [2.24, 2.45) is 0 Å². The van der Waals surface area contributed by atoms with E-state index in [1.165, 1.54) is 57.8 Å². The van der Waals surface area contributed by atoms with Crippen LogP contribution in [0.15, 0.2) is 0 Å². The van der Waals surface area contributed by atoms with E-state index in [1.807, 2.05) is 0 Å². The van der Waals surface area contributed by atoms with E-state index >= 15 is 0 Å². The van der Waals surface area contributed by atoms with E-state index in [0.717, 1.165) is 109 Å². The van der Waals surface area contributed by atoms with E-state index in [2.05, 4.69) is 27.7 Å². The van der Waals surface area contributed by atoms with Crippen molar-refractivity contribution in [3.63, 3.8) is 0 Å². The van der Waals surface area contributed by atoms with Gasteiger partial charge < -0.3 is 33.8 Å². The maximum absolute atomic E-state index is 12.8. The second-order valence-corrected chi connectivity index (χ2v) is 21.5. The van der Waals surface area contributed by atoms with Gasteiger partial charge >= 0.3 is 39.5 Å². The van der Waals surface area contributed by atoms with Crippen LogP contribution >= 0.6 is 15.6 Å². The Morgan fingerprint density at radius 2 is 0.571 bits per heavy atom. The van der Waals surface area contributed by atoms with E-state index in [4.69, 9.17) is 37.0 Å². The minimum absolute atomic E-state index is 0.0989. The molecule has 0 aromatic rings. The molecule has 0 amide bonds. The molecule has 3 N–H and O–H groups in total. The summed E-state index contributed by atoms with van der Waals surface area (Å²) < 4.78 is 66.9. The molecule has 70 heavy (non-hydrogen) atoms. The number of unbranched alkanes of at least 4 members (excludes halogenated alkanes) is 26. The minimum atomic E-state index is -4.92. The van der Waals surface area contributed by atoms with Crippen LogP contribution < -0.4 is 0 Å². The second-order valence-electron chi connectivity index (χ2n) is 18.6. The lowest BCUT2D eigenvalue weighted by atomic mass is 10.0. The zero-order valence-electron chi connectivity index (χ0n) is 44.0. The van der Waals surface area contributed by atoms with Gasteiger partial charge in [-0.15, -0.1) is 0 Å². The molecule has 0 rings (SSSR count). The highest BCUT2D eigenvalue weighted by atomic mass is 31.2. The van der Waals surface area contributed by atoms with Gasteiger partial charge in [-0.05, 0) is 25.7 Å². The average molecular weight is 1050 g/mol. The molecule has 0 spiro atoms. The maximum atomic E-state index is 12.8. The molecule has 17 nitrogen and oxygen atoms in total. The zero-order chi connectivity index (χ0) is 52.0. The van der Waals surface area contributed by atoms with Gasteiger partial charge in [-0.1, -0.05) is 195 Å². The third kappa shape index (κ3) is 45.9. The van der Waals surface area contributed by atoms with Gasteiger partial charge in [0.15, 0.2) is 12.2 Å². The Morgan fingerprint density at radius 1 is 0.343 bits per heavy atom. The Labute approximate surface area is 422 Å². The predicted molar refractivity (Wildman–Crippen MR) is 271 cm³/mol. The summed E-state index contributed by atoms with van der Waals surface area (Å²) in [7, 11) is -9.84. The highest BCUT2D eigenvalue weighted by molar-refractivity contribution is 7.47. The molecular formula is C51H98O17P2. The number of hydrogen-bond acceptors (Lipinski definition) is 15. The number of phosphoric ester groups is 2. The molecular weight excluding hydrogens is 946 g/mol. The maximum Gasteiger partial charge on any atom is 0.472 e. The smallest absolute Gasteiger partial charge is 0.462 e. The second kappa shape index (κ2) is 46.8. The summed E-state index contributed by atoms with van der Waals surface area (Å²) in [6.45, 7) is 4.57. The molecule has 19 heteroatoms. The molecule has 0 aliphatic rings. The first-order chi connectivity index (χ1) is 33.7. The summed E-state index contributed by atoms with van der Waals surface area (Å²) in [6.07, 6.45) is 27.4. The lowest BCUT2D eigenvalue weighted by molar-refractivity contribution is -0.161. The van der Waals surface area contributed by atoms with Crippen LogP contribution in [0.2, 0.25) is 0 Å². The number of aliphatic hydroxyl groups excluding tert-OH is 1. The fraction of sp³-hybridized carbons (Fsp3) is 0.922. The largest absolute Gasteiger partial charge is 0.472 e. The van der Waals surface area contributed by atoms with Crippen LogP contribution in [-0.2, 0) is 65.4 Å². The molecule has 2 unspecified atom stereocenters. The van der Waals surface area contributed by atoms with Crippen molar-refractivity contribution in [2.45, 2.75) is 264 Å². The Kier molecular flexibility index (Phi) is 45.5. The normalized spacial score (nSPS) is 14.6. The molecule has 0 saturated heterocycles. The molecule has 0 aromatic heterocycles. The topological polar surface area (TPSA) is 237 Å². The molecule has 0 heterocycles. The van der Waals surface area contributed by atoms with Gasteiger partial charge in [0.1, 0.15) is 19.3 Å². The SMILES string of the molecule is CCCCCCCCCCCCCCCC(=O)O[C@H](COC(=O)CCCCCCCCC)COP(=O)(O)OC[C@@H](O)COP(=O)(O)OC[C@@H](COC(=O)CCCCCCC)OC(=O)CCCCCCC. The van der Waals surface area contributed by atoms with E-state index in [0.29, 0.717) is 25.7 Å². The van der Waals surface area contributed by atoms with Crippen molar-refractivity contribution in [3.05, 3.63) is 0 Å². The third-order valence-corrected chi connectivity index (χ3v) is 13.5. The van der Waals surface area contributed by atoms with Gasteiger partial charge in [0, 0.05) is 25.7 Å². The van der Waals surface area contributed by atoms with Crippen molar-refractivity contribution < 1.29 is 80.2 Å². The van der Waals surface area contributed by atoms with Crippen molar-refractivity contribution in [1.82, 2.24) is 0 Å². The summed E-state index contributed by atoms with van der Waals surface area (Å²) in [4.78, 5) is 70.9. The Bertz CT molecular complexity index is 1390. The lowest BCUT2D eigenvalue weighted by Gasteiger charge is -2.21. The van der Waals surface area contributed by atoms with E-state index in [1.54, 1.807) is 0 Å². The molecule has 0 bridgehead atoms. The van der Waals surface area contributed by atoms with Crippen LogP contribution in [-0.4, -0.2) is 96.7 Å². The first-order valence-electron chi connectivity index (χ1n) is 27.3. The number of rotatable bonds is 52. The van der Waals surface area contributed by atoms with Crippen molar-refractivity contribution in [2.75, 3.05) is 39.6 Å². The van der Waals surface area contributed by atoms with Crippen LogP contribution in [0.4, 0.5) is 0 Å². The van der Waals surface area contributed by atoms with Crippen LogP contribution in [0.25, 0.3) is 0 Å². The number of esters is 4. The molecule has 0 radical (unpaired) electrons. The van der Waals surface area contributed by atoms with Gasteiger partial charge in [0.05, 0.1) is 26.4 Å². The fourth-order valence-electron chi connectivity index (χ4n) is 7.34. The zero-order valence-corrected chi connectivity index (χ0v) is 45.8. The number of aliphatic hydroxyl groups is 1. The number of ether oxygens (including phenoxy) is 4. The molecule has 0 aliphatic carbocycles. The summed E-state index contributed by atoms with van der Waals surface area (Å²) in [5, 5.41) is 10.4. The molecule has 414 valence electrons. The van der Waals surface area contributed by atoms with Crippen LogP contribution in [0, 0.1) is 0 Å². The number of carbonyl (C=O) groups is 4. The summed E-state index contributed by atoms with van der Waals surface area (Å²) in [5.41, 5.74) is 0. The highest BCUT2D eigenvalue weighted by Gasteiger charge is 2.30. The van der Waals surface area contributed by atoms with Crippen molar-refractivity contribution in [3.8, 4) is 0 Å². The van der Waals surface area contributed by atoms with Gasteiger partial charge in [0.25, 0.3) is 0 Å². The molecule has 5 atom stereocenters. The first kappa shape index (κ1) is 68.1. The summed E-state index contributed by atoms with van der Waals surface area (Å²) in [6, 6.07) is 0. The minimum Gasteiger partial charge on any atom is -0.462 e. The molecule has 0 aromatic carbocycles. The number of carbonyl (C=O) groups excluding carboxylic acids is 4. The quantitative estimate of drug-likeness (QED) is 0.0222. The monoisotopic (exact) mass is 1040 g/mol. The van der Waals surface area contributed by atoms with Crippen molar-refractivity contribution >= 4 is 39.5 Å². The van der Waals surface area contributed by atoms with Crippen molar-refractivity contribution in [1.29, 1.82) is 0 Å². The van der Waals surface area contributed by atoms with Gasteiger partial charge in [0.2, 0.25) is 0 Å². The number of phosphoric acid groups is 2. The highest BCUT2D eigenvalue weighted by Crippen LogP contribution is 2.45. The van der Waals surface area contributed by atoms with Crippen LogP contribution in [0.5, 0.6) is 0 Å². The lowest BCUT2D eigenvalue weighted by Crippen LogP contribution is -2.30. The van der Waals surface area contributed by atoms with Crippen LogP contribution in [0.1, 0.15) is 246 Å². The fourth-order valence-corrected chi connectivity index (χ4v) is 8.91. The standard InChI is InChI=1S/C51H98O17P2/c1-5-9-13-17-19-20-21-22-23-24-26-30-34-38-51(56)68-47(42-62-49(54)36-32-29-25-18-14-10-6-2)44-66-70(59,60)64-40-45(52)39-63-69(57,58)65-43-46(67-50(55)37-33-28-16-12-8-4)41-61-48(53)35-31-27-15-11-7-3/h45-47,52H,5-44H2,1-4H3,(H,57,58)(H,59,60)/t45-,46+,47+/m0/s1. The average Bonchev–Trinajstić information content (AvgIpc) is 3.33. The van der Waals surface area contributed by atoms with E-state index < -0.39 is 97.5 Å². The summed E-state index contributed by atoms with van der Waals surface area (Å²) in [5.74, 6) is -2.18. The Morgan fingerprint density at radius 3 is 0.843 bits per heavy atom. The van der Waals surface area contributed by atoms with E-state index in [9.17, 15) is 43.2 Å².